The third kappa shape index (κ3) is 3.99. The van der Waals surface area contributed by atoms with Crippen LogP contribution in [0.15, 0.2) is 127 Å². The molecule has 7 rings (SSSR count). The van der Waals surface area contributed by atoms with E-state index < -0.39 is 0 Å². The van der Waals surface area contributed by atoms with Gasteiger partial charge in [-0.3, -0.25) is 0 Å². The fraction of sp³-hybridized carbons (Fsp3) is 0.143. The van der Waals surface area contributed by atoms with Crippen molar-refractivity contribution in [1.82, 2.24) is 0 Å². The van der Waals surface area contributed by atoms with Crippen LogP contribution < -0.4 is 20.2 Å². The Hall–Kier alpha value is -4.30. The van der Waals surface area contributed by atoms with Gasteiger partial charge in [-0.05, 0) is 83.3 Å². The molecule has 0 amide bonds. The highest BCUT2D eigenvalue weighted by atomic mass is 15.2. The zero-order valence-electron chi connectivity index (χ0n) is 21.1. The first-order valence-corrected chi connectivity index (χ1v) is 13.2. The van der Waals surface area contributed by atoms with E-state index in [0.717, 1.165) is 6.42 Å². The molecule has 2 heteroatoms. The van der Waals surface area contributed by atoms with Crippen LogP contribution in [0.4, 0.5) is 17.1 Å². The van der Waals surface area contributed by atoms with Crippen molar-refractivity contribution in [2.24, 2.45) is 11.8 Å². The Kier molecular flexibility index (Phi) is 5.32. The molecule has 0 spiro atoms. The Labute approximate surface area is 218 Å². The molecule has 0 saturated heterocycles. The molecule has 2 unspecified atom stereocenters. The Morgan fingerprint density at radius 3 is 2.41 bits per heavy atom. The minimum Gasteiger partial charge on any atom is -0.344 e. The summed E-state index contributed by atoms with van der Waals surface area (Å²) in [7, 11) is 2.17. The Bertz CT molecular complexity index is 1700. The summed E-state index contributed by atoms with van der Waals surface area (Å²) >= 11 is 0. The van der Waals surface area contributed by atoms with Gasteiger partial charge in [-0.2, -0.15) is 0 Å². The number of nitrogens with zero attached hydrogens (tertiary/aromatic N) is 2. The molecular weight excluding hydrogens is 448 g/mol. The summed E-state index contributed by atoms with van der Waals surface area (Å²) in [5, 5.41) is 5.12. The normalized spacial score (nSPS) is 19.4. The van der Waals surface area contributed by atoms with Crippen molar-refractivity contribution in [1.29, 1.82) is 0 Å². The predicted molar refractivity (Wildman–Crippen MR) is 157 cm³/mol. The summed E-state index contributed by atoms with van der Waals surface area (Å²) in [6.45, 7) is 0. The van der Waals surface area contributed by atoms with Crippen molar-refractivity contribution < 1.29 is 0 Å². The molecule has 3 aliphatic rings. The molecule has 1 fully saturated rings. The standard InChI is InChI=1S/C35H30N2/c1-36(34-15-7-5-11-26-10-4-6-14-32(26)34)29-19-21-30(22-20-29)37(35-16-8-13-28-24-33(28)35)31-18-17-25-9-2-3-12-27(25)23-31/h2-4,6-23,28,33H,5,24H2,1H3. The lowest BCUT2D eigenvalue weighted by atomic mass is 10.0. The number of allylic oxidation sites excluding steroid dienone is 5. The van der Waals surface area contributed by atoms with E-state index in [4.69, 9.17) is 0 Å². The molecule has 2 atom stereocenters. The quantitative estimate of drug-likeness (QED) is 0.303. The van der Waals surface area contributed by atoms with Crippen LogP contribution in [0.5, 0.6) is 0 Å². The van der Waals surface area contributed by atoms with Gasteiger partial charge in [0.15, 0.2) is 0 Å². The molecule has 180 valence electrons. The molecule has 0 heterocycles. The summed E-state index contributed by atoms with van der Waals surface area (Å²) in [6, 6.07) is 33.2. The van der Waals surface area contributed by atoms with Crippen LogP contribution >= 0.6 is 0 Å². The number of likely N-dealkylation sites (N-methyl/N-ethyl adjacent to an activating group) is 1. The van der Waals surface area contributed by atoms with Crippen molar-refractivity contribution in [3.05, 3.63) is 138 Å². The maximum atomic E-state index is 2.47. The van der Waals surface area contributed by atoms with Crippen molar-refractivity contribution in [2.45, 2.75) is 12.8 Å². The topological polar surface area (TPSA) is 6.48 Å². The second-order valence-corrected chi connectivity index (χ2v) is 10.2. The highest BCUT2D eigenvalue weighted by molar-refractivity contribution is 5.88. The van der Waals surface area contributed by atoms with Crippen molar-refractivity contribution in [3.8, 4) is 0 Å². The van der Waals surface area contributed by atoms with Crippen molar-refractivity contribution >= 4 is 39.6 Å². The van der Waals surface area contributed by atoms with Gasteiger partial charge in [-0.25, -0.2) is 0 Å². The van der Waals surface area contributed by atoms with E-state index >= 15 is 0 Å². The van der Waals surface area contributed by atoms with Gasteiger partial charge in [0.25, 0.3) is 0 Å². The third-order valence-electron chi connectivity index (χ3n) is 7.94. The van der Waals surface area contributed by atoms with Crippen LogP contribution in [0.3, 0.4) is 0 Å². The van der Waals surface area contributed by atoms with E-state index in [9.17, 15) is 0 Å². The number of anilines is 3. The van der Waals surface area contributed by atoms with E-state index in [0.29, 0.717) is 11.8 Å². The molecule has 0 N–H and O–H groups in total. The fourth-order valence-corrected chi connectivity index (χ4v) is 5.82. The second kappa shape index (κ2) is 8.97. The van der Waals surface area contributed by atoms with Crippen LogP contribution in [0, 0.1) is 11.8 Å². The minimum atomic E-state index is 0.609. The lowest BCUT2D eigenvalue weighted by Gasteiger charge is -2.30. The van der Waals surface area contributed by atoms with Crippen LogP contribution in [-0.2, 0) is 0 Å². The van der Waals surface area contributed by atoms with Crippen molar-refractivity contribution in [2.75, 3.05) is 16.8 Å². The Morgan fingerprint density at radius 2 is 1.51 bits per heavy atom. The van der Waals surface area contributed by atoms with Gasteiger partial charge < -0.3 is 9.80 Å². The SMILES string of the molecule is CN(C1=c2ccccc2=CCC=C1)c1ccc(N(C2=CC=CC3CC23)c2ccc3ccccc3c2)cc1. The highest BCUT2D eigenvalue weighted by Gasteiger charge is 2.42. The molecular formula is C35H30N2. The van der Waals surface area contributed by atoms with E-state index in [-0.39, 0.29) is 0 Å². The molecule has 4 aromatic rings. The summed E-state index contributed by atoms with van der Waals surface area (Å²) in [5.74, 6) is 1.29. The highest BCUT2D eigenvalue weighted by Crippen LogP contribution is 2.51. The zero-order chi connectivity index (χ0) is 24.8. The first-order chi connectivity index (χ1) is 18.3. The van der Waals surface area contributed by atoms with Gasteiger partial charge in [0.2, 0.25) is 0 Å². The van der Waals surface area contributed by atoms with Gasteiger partial charge in [-0.1, -0.05) is 78.9 Å². The first kappa shape index (κ1) is 21.9. The van der Waals surface area contributed by atoms with E-state index in [2.05, 4.69) is 144 Å². The number of hydrogen-bond acceptors (Lipinski definition) is 2. The molecule has 0 aliphatic heterocycles. The lowest BCUT2D eigenvalue weighted by Crippen LogP contribution is -2.31. The maximum absolute atomic E-state index is 2.47. The van der Waals surface area contributed by atoms with Crippen LogP contribution in [0.2, 0.25) is 0 Å². The van der Waals surface area contributed by atoms with E-state index in [1.165, 1.54) is 56.1 Å². The number of fused-ring (bicyclic) bond motifs is 3. The zero-order valence-corrected chi connectivity index (χ0v) is 21.1. The molecule has 1 saturated carbocycles. The summed E-state index contributed by atoms with van der Waals surface area (Å²) in [6.07, 6.45) is 15.9. The monoisotopic (exact) mass is 478 g/mol. The van der Waals surface area contributed by atoms with Gasteiger partial charge in [0, 0.05) is 46.6 Å². The summed E-state index contributed by atoms with van der Waals surface area (Å²) in [4.78, 5) is 4.77. The molecule has 0 aromatic heterocycles. The minimum absolute atomic E-state index is 0.609. The third-order valence-corrected chi connectivity index (χ3v) is 7.94. The molecule has 0 bridgehead atoms. The smallest absolute Gasteiger partial charge is 0.0484 e. The number of hydrogen-bond donors (Lipinski definition) is 0. The largest absolute Gasteiger partial charge is 0.344 e. The average Bonchev–Trinajstić information content (AvgIpc) is 3.77. The molecule has 4 aromatic carbocycles. The second-order valence-electron chi connectivity index (χ2n) is 10.2. The Morgan fingerprint density at radius 1 is 0.757 bits per heavy atom. The fourth-order valence-electron chi connectivity index (χ4n) is 5.82. The Balaban J connectivity index is 1.29. The van der Waals surface area contributed by atoms with E-state index in [1.54, 1.807) is 0 Å². The van der Waals surface area contributed by atoms with Crippen LogP contribution in [-0.4, -0.2) is 7.05 Å². The van der Waals surface area contributed by atoms with Gasteiger partial charge in [-0.15, -0.1) is 0 Å². The molecule has 2 nitrogen and oxygen atoms in total. The van der Waals surface area contributed by atoms with Crippen molar-refractivity contribution in [3.63, 3.8) is 0 Å². The first-order valence-electron chi connectivity index (χ1n) is 13.2. The molecule has 37 heavy (non-hydrogen) atoms. The number of rotatable bonds is 5. The molecule has 0 radical (unpaired) electrons. The molecule has 3 aliphatic carbocycles. The maximum Gasteiger partial charge on any atom is 0.0484 e. The number of benzene rings is 4. The van der Waals surface area contributed by atoms with Gasteiger partial charge in [0.1, 0.15) is 0 Å². The van der Waals surface area contributed by atoms with Crippen LogP contribution in [0.1, 0.15) is 12.8 Å². The van der Waals surface area contributed by atoms with E-state index in [1.807, 2.05) is 0 Å². The summed E-state index contributed by atoms with van der Waals surface area (Å²) < 4.78 is 0. The van der Waals surface area contributed by atoms with Crippen LogP contribution in [0.25, 0.3) is 22.5 Å². The predicted octanol–water partition coefficient (Wildman–Crippen LogP) is 7.05. The van der Waals surface area contributed by atoms with Gasteiger partial charge in [0.05, 0.1) is 0 Å². The summed E-state index contributed by atoms with van der Waals surface area (Å²) in [5.41, 5.74) is 6.23. The average molecular weight is 479 g/mol. The van der Waals surface area contributed by atoms with Gasteiger partial charge >= 0.3 is 0 Å². The lowest BCUT2D eigenvalue weighted by molar-refractivity contribution is 0.871.